The van der Waals surface area contributed by atoms with Crippen LogP contribution in [0.4, 0.5) is 0 Å². The molecule has 1 heterocycles. The maximum absolute atomic E-state index is 13.3. The third-order valence-electron chi connectivity index (χ3n) is 6.50. The van der Waals surface area contributed by atoms with Crippen LogP contribution in [0.25, 0.3) is 0 Å². The fourth-order valence-corrected chi connectivity index (χ4v) is 4.33. The molecule has 1 aromatic carbocycles. The Hall–Kier alpha value is -2.64. The van der Waals surface area contributed by atoms with E-state index in [1.165, 1.54) is 26.4 Å². The number of aromatic carboxylic acids is 1. The van der Waals surface area contributed by atoms with Gasteiger partial charge in [0.15, 0.2) is 12.1 Å². The quantitative estimate of drug-likeness (QED) is 0.477. The van der Waals surface area contributed by atoms with Gasteiger partial charge >= 0.3 is 5.97 Å². The van der Waals surface area contributed by atoms with Crippen LogP contribution in [0, 0.1) is 0 Å². The van der Waals surface area contributed by atoms with E-state index in [-0.39, 0.29) is 28.6 Å². The molecule has 1 N–H and O–H groups in total. The highest BCUT2D eigenvalue weighted by Crippen LogP contribution is 2.43. The molecule has 0 bridgehead atoms. The van der Waals surface area contributed by atoms with Crippen molar-refractivity contribution in [3.63, 3.8) is 0 Å². The van der Waals surface area contributed by atoms with Gasteiger partial charge in [0.05, 0.1) is 23.1 Å². The smallest absolute Gasteiger partial charge is 0.335 e. The normalized spacial score (nSPS) is 17.6. The number of ketones is 1. The second-order valence-corrected chi connectivity index (χ2v) is 9.72. The highest BCUT2D eigenvalue weighted by Gasteiger charge is 2.40. The van der Waals surface area contributed by atoms with Crippen LogP contribution in [0.3, 0.4) is 0 Å². The number of rotatable bonds is 8. The fraction of sp³-hybridized carbons (Fsp3) is 0.520. The predicted molar refractivity (Wildman–Crippen MR) is 120 cm³/mol. The monoisotopic (exact) mass is 440 g/mol. The first-order chi connectivity index (χ1) is 15.0. The largest absolute Gasteiger partial charge is 0.478 e. The summed E-state index contributed by atoms with van der Waals surface area (Å²) in [4.78, 5) is 33.9. The van der Waals surface area contributed by atoms with E-state index >= 15 is 0 Å². The SMILES string of the molecule is COC(OC)C(CC(=O)c1cnc2c(n1)C(C)(C)CCC2(C)C)c1ccc(C(=O)O)cc1. The van der Waals surface area contributed by atoms with Crippen LogP contribution in [-0.2, 0) is 20.3 Å². The van der Waals surface area contributed by atoms with Crippen LogP contribution in [0.2, 0.25) is 0 Å². The van der Waals surface area contributed by atoms with Crippen LogP contribution < -0.4 is 0 Å². The van der Waals surface area contributed by atoms with Gasteiger partial charge in [-0.05, 0) is 30.5 Å². The minimum atomic E-state index is -1.01. The second-order valence-electron chi connectivity index (χ2n) is 9.72. The number of fused-ring (bicyclic) bond motifs is 1. The van der Waals surface area contributed by atoms with E-state index in [9.17, 15) is 9.59 Å². The summed E-state index contributed by atoms with van der Waals surface area (Å²) in [6, 6.07) is 6.41. The van der Waals surface area contributed by atoms with E-state index in [1.807, 2.05) is 0 Å². The zero-order chi connectivity index (χ0) is 23.7. The summed E-state index contributed by atoms with van der Waals surface area (Å²) in [7, 11) is 3.03. The van der Waals surface area contributed by atoms with Crippen LogP contribution in [0.1, 0.15) is 90.7 Å². The minimum absolute atomic E-state index is 0.0783. The van der Waals surface area contributed by atoms with E-state index in [1.54, 1.807) is 18.3 Å². The molecule has 1 aliphatic carbocycles. The lowest BCUT2D eigenvalue weighted by Crippen LogP contribution is -2.36. The summed E-state index contributed by atoms with van der Waals surface area (Å²) in [5.41, 5.74) is 2.87. The molecule has 7 nitrogen and oxygen atoms in total. The lowest BCUT2D eigenvalue weighted by molar-refractivity contribution is -0.117. The van der Waals surface area contributed by atoms with Crippen molar-refractivity contribution in [2.45, 2.75) is 70.0 Å². The number of Topliss-reactive ketones (excluding diaryl/α,β-unsaturated/α-hetero) is 1. The Morgan fingerprint density at radius 1 is 1.00 bits per heavy atom. The van der Waals surface area contributed by atoms with Crippen molar-refractivity contribution < 1.29 is 24.2 Å². The number of carbonyl (C=O) groups is 2. The number of hydrogen-bond donors (Lipinski definition) is 1. The van der Waals surface area contributed by atoms with E-state index in [4.69, 9.17) is 19.6 Å². The van der Waals surface area contributed by atoms with Crippen LogP contribution in [0.5, 0.6) is 0 Å². The molecule has 0 saturated carbocycles. The van der Waals surface area contributed by atoms with Crippen LogP contribution in [0.15, 0.2) is 30.5 Å². The average Bonchev–Trinajstić information content (AvgIpc) is 2.77. The van der Waals surface area contributed by atoms with Crippen molar-refractivity contribution >= 4 is 11.8 Å². The summed E-state index contributed by atoms with van der Waals surface area (Å²) in [5.74, 6) is -1.59. The Morgan fingerprint density at radius 2 is 1.56 bits per heavy atom. The molecule has 0 aliphatic heterocycles. The number of aromatic nitrogens is 2. The summed E-state index contributed by atoms with van der Waals surface area (Å²) in [6.45, 7) is 8.61. The zero-order valence-corrected chi connectivity index (χ0v) is 19.6. The molecule has 0 spiro atoms. The van der Waals surface area contributed by atoms with Gasteiger partial charge in [-0.1, -0.05) is 39.8 Å². The molecule has 32 heavy (non-hydrogen) atoms. The molecule has 0 saturated heterocycles. The number of nitrogens with zero attached hydrogens (tertiary/aromatic N) is 2. The maximum Gasteiger partial charge on any atom is 0.335 e. The first kappa shape index (κ1) is 24.0. The molecule has 0 radical (unpaired) electrons. The summed E-state index contributed by atoms with van der Waals surface area (Å²) in [6.07, 6.45) is 3.00. The molecule has 0 fully saturated rings. The molecule has 0 amide bonds. The number of methoxy groups -OCH3 is 2. The summed E-state index contributed by atoms with van der Waals surface area (Å²) in [5, 5.41) is 9.17. The number of carbonyl (C=O) groups excluding carboxylic acids is 1. The topological polar surface area (TPSA) is 98.6 Å². The second kappa shape index (κ2) is 9.08. The molecule has 1 aliphatic rings. The number of carboxylic acid groups (broad SMARTS) is 1. The van der Waals surface area contributed by atoms with E-state index in [0.29, 0.717) is 5.69 Å². The molecule has 7 heteroatoms. The first-order valence-corrected chi connectivity index (χ1v) is 10.8. The molecule has 1 atom stereocenters. The van der Waals surface area contributed by atoms with Crippen molar-refractivity contribution in [3.05, 3.63) is 58.7 Å². The van der Waals surface area contributed by atoms with Crippen molar-refractivity contribution in [2.75, 3.05) is 14.2 Å². The first-order valence-electron chi connectivity index (χ1n) is 10.8. The Labute approximate surface area is 189 Å². The summed E-state index contributed by atoms with van der Waals surface area (Å²) < 4.78 is 10.9. The average molecular weight is 441 g/mol. The third kappa shape index (κ3) is 4.74. The van der Waals surface area contributed by atoms with Gasteiger partial charge in [-0.3, -0.25) is 9.78 Å². The third-order valence-corrected chi connectivity index (χ3v) is 6.50. The van der Waals surface area contributed by atoms with Gasteiger partial charge in [-0.25, -0.2) is 9.78 Å². The minimum Gasteiger partial charge on any atom is -0.478 e. The highest BCUT2D eigenvalue weighted by molar-refractivity contribution is 5.94. The molecule has 1 unspecified atom stereocenters. The van der Waals surface area contributed by atoms with Gasteiger partial charge in [0.1, 0.15) is 5.69 Å². The Balaban J connectivity index is 1.94. The zero-order valence-electron chi connectivity index (χ0n) is 19.6. The molecule has 1 aromatic heterocycles. The van der Waals surface area contributed by atoms with Crippen molar-refractivity contribution in [1.82, 2.24) is 9.97 Å². The van der Waals surface area contributed by atoms with Gasteiger partial charge in [-0.2, -0.15) is 0 Å². The number of benzene rings is 1. The van der Waals surface area contributed by atoms with Crippen molar-refractivity contribution in [3.8, 4) is 0 Å². The van der Waals surface area contributed by atoms with Gasteiger partial charge in [0.2, 0.25) is 0 Å². The lowest BCUT2D eigenvalue weighted by atomic mass is 9.67. The van der Waals surface area contributed by atoms with E-state index in [2.05, 4.69) is 32.7 Å². The van der Waals surface area contributed by atoms with Crippen LogP contribution >= 0.6 is 0 Å². The summed E-state index contributed by atoms with van der Waals surface area (Å²) >= 11 is 0. The Kier molecular flexibility index (Phi) is 6.81. The van der Waals surface area contributed by atoms with Crippen molar-refractivity contribution in [1.29, 1.82) is 0 Å². The number of hydrogen-bond acceptors (Lipinski definition) is 6. The predicted octanol–water partition coefficient (Wildman–Crippen LogP) is 4.50. The molecule has 172 valence electrons. The standard InChI is InChI=1S/C25H32N2O5/c1-24(2)11-12-25(3,4)21-20(24)26-14-18(27-21)19(28)13-17(23(31-5)32-6)15-7-9-16(10-8-15)22(29)30/h7-10,14,17,23H,11-13H2,1-6H3,(H,29,30). The van der Waals surface area contributed by atoms with Gasteiger partial charge in [-0.15, -0.1) is 0 Å². The van der Waals surface area contributed by atoms with Crippen LogP contribution in [-0.4, -0.2) is 47.3 Å². The van der Waals surface area contributed by atoms with E-state index < -0.39 is 18.2 Å². The lowest BCUT2D eigenvalue weighted by Gasteiger charge is -2.39. The fourth-order valence-electron chi connectivity index (χ4n) is 4.33. The van der Waals surface area contributed by atoms with Gasteiger partial charge in [0.25, 0.3) is 0 Å². The highest BCUT2D eigenvalue weighted by atomic mass is 16.7. The van der Waals surface area contributed by atoms with E-state index in [0.717, 1.165) is 29.8 Å². The van der Waals surface area contributed by atoms with Gasteiger partial charge < -0.3 is 14.6 Å². The van der Waals surface area contributed by atoms with Crippen molar-refractivity contribution in [2.24, 2.45) is 0 Å². The molecule has 2 aromatic rings. The maximum atomic E-state index is 13.3. The Morgan fingerprint density at radius 3 is 2.09 bits per heavy atom. The molecule has 3 rings (SSSR count). The molecular formula is C25H32N2O5. The number of carboxylic acids is 1. The Bertz CT molecular complexity index is 994. The van der Waals surface area contributed by atoms with Gasteiger partial charge in [0, 0.05) is 37.4 Å². The number of ether oxygens (including phenoxy) is 2. The molecular weight excluding hydrogens is 408 g/mol.